The number of carboxylic acid groups (broad SMARTS) is 1. The van der Waals surface area contributed by atoms with E-state index in [0.29, 0.717) is 33.4 Å². The molecule has 0 atom stereocenters. The molecule has 0 aliphatic carbocycles. The molecule has 384 valence electrons. The van der Waals surface area contributed by atoms with Crippen LogP contribution in [-0.2, 0) is 48.8 Å². The Morgan fingerprint density at radius 1 is 0.463 bits per heavy atom. The van der Waals surface area contributed by atoms with Gasteiger partial charge in [-0.3, -0.25) is 4.79 Å². The highest BCUT2D eigenvalue weighted by molar-refractivity contribution is 8.17. The Morgan fingerprint density at radius 3 is 0.955 bits per heavy atom. The first-order valence-electron chi connectivity index (χ1n) is 26.6. The molecule has 0 saturated carbocycles. The fourth-order valence-corrected chi connectivity index (χ4v) is 11.6. The monoisotopic (exact) mass is 968 g/mol. The summed E-state index contributed by atoms with van der Waals surface area (Å²) >= 11 is 3.24. The molecular weight excluding hydrogens is 869 g/mol. The second kappa shape index (κ2) is 27.9. The molecule has 0 heterocycles. The second-order valence-corrected chi connectivity index (χ2v) is 27.3. The first-order chi connectivity index (χ1) is 31.1. The Labute approximate surface area is 420 Å². The summed E-state index contributed by atoms with van der Waals surface area (Å²) in [4.78, 5) is 29.6. The molecule has 0 aromatic heterocycles. The minimum atomic E-state index is -2.14. The number of thioether (sulfide) groups is 2. The largest absolute Gasteiger partial charge is 0.549 e. The normalized spacial score (nSPS) is 13.1. The first kappa shape index (κ1) is 60.8. The van der Waals surface area contributed by atoms with Crippen molar-refractivity contribution < 1.29 is 29.6 Å². The molecule has 6 nitrogen and oxygen atoms in total. The molecule has 2 aromatic rings. The van der Waals surface area contributed by atoms with E-state index < -0.39 is 43.3 Å². The quantitative estimate of drug-likeness (QED) is 0.0333. The zero-order chi connectivity index (χ0) is 50.7. The number of esters is 1. The average Bonchev–Trinajstić information content (AvgIpc) is 3.21. The van der Waals surface area contributed by atoms with Gasteiger partial charge >= 0.3 is 5.97 Å². The molecule has 0 saturated heterocycles. The predicted molar refractivity (Wildman–Crippen MR) is 289 cm³/mol. The summed E-state index contributed by atoms with van der Waals surface area (Å²) in [5.74, 6) is -0.336. The van der Waals surface area contributed by atoms with E-state index in [4.69, 9.17) is 4.74 Å². The number of aliphatic carboxylic acids is 1. The van der Waals surface area contributed by atoms with Crippen molar-refractivity contribution in [2.24, 2.45) is 5.41 Å². The maximum Gasteiger partial charge on any atom is 0.320 e. The highest BCUT2D eigenvalue weighted by Crippen LogP contribution is 2.46. The zero-order valence-electron chi connectivity index (χ0n) is 45.6. The van der Waals surface area contributed by atoms with Gasteiger partial charge in [-0.25, -0.2) is 0 Å². The molecule has 0 bridgehead atoms. The number of rotatable bonds is 31. The molecule has 0 aliphatic heterocycles. The molecule has 0 amide bonds. The van der Waals surface area contributed by atoms with Crippen molar-refractivity contribution in [3.8, 4) is 11.5 Å². The summed E-state index contributed by atoms with van der Waals surface area (Å²) in [7, 11) is 0. The number of benzene rings is 2. The molecule has 2 rings (SSSR count). The summed E-state index contributed by atoms with van der Waals surface area (Å²) in [6, 6.07) is 7.47. The van der Waals surface area contributed by atoms with Crippen molar-refractivity contribution in [1.29, 1.82) is 0 Å². The summed E-state index contributed by atoms with van der Waals surface area (Å²) in [6.45, 7) is 30.8. The molecule has 2 aromatic carbocycles. The maximum atomic E-state index is 15.4. The lowest BCUT2D eigenvalue weighted by atomic mass is 9.71. The van der Waals surface area contributed by atoms with Crippen LogP contribution in [0.4, 0.5) is 0 Å². The van der Waals surface area contributed by atoms with Gasteiger partial charge in [0.15, 0.2) is 0 Å². The van der Waals surface area contributed by atoms with Crippen molar-refractivity contribution in [3.05, 3.63) is 57.6 Å². The molecule has 0 fully saturated rings. The topological polar surface area (TPSA) is 107 Å². The minimum absolute atomic E-state index is 0.188. The lowest BCUT2D eigenvalue weighted by Gasteiger charge is -2.38. The van der Waals surface area contributed by atoms with E-state index in [0.717, 1.165) is 37.2 Å². The van der Waals surface area contributed by atoms with Gasteiger partial charge in [0.25, 0.3) is 0 Å². The Morgan fingerprint density at radius 2 is 0.716 bits per heavy atom. The molecule has 0 radical (unpaired) electrons. The maximum absolute atomic E-state index is 15.4. The lowest BCUT2D eigenvalue weighted by Crippen LogP contribution is -2.53. The van der Waals surface area contributed by atoms with Crippen molar-refractivity contribution in [2.45, 2.75) is 271 Å². The van der Waals surface area contributed by atoms with Crippen LogP contribution in [0.25, 0.3) is 0 Å². The van der Waals surface area contributed by atoms with Gasteiger partial charge in [0.2, 0.25) is 4.27 Å². The van der Waals surface area contributed by atoms with Crippen LogP contribution in [0, 0.1) is 5.41 Å². The molecule has 0 aliphatic rings. The van der Waals surface area contributed by atoms with Crippen LogP contribution in [0.3, 0.4) is 0 Å². The standard InChI is InChI=1S/C59H100O6S2/c1-16-18-20-22-24-26-28-30-32-34-36-66-58(15,67-37-35-33-31-29-27-25-23-21-19-17-2)65-53(64)59(52(62)63,42-44-38-46(54(3,4)5)50(60)47(39-44)55(6,7)8)43-45-40-48(56(9,10)11)51(61)49(41-45)57(12,13)14/h38-41,60-61H,16-37,42-43H2,1-15H3,(H,62,63)/p-1. The van der Waals surface area contributed by atoms with Gasteiger partial charge in [0, 0.05) is 0 Å². The van der Waals surface area contributed by atoms with E-state index in [1.165, 1.54) is 103 Å². The zero-order valence-corrected chi connectivity index (χ0v) is 47.3. The van der Waals surface area contributed by atoms with E-state index in [1.807, 2.05) is 114 Å². The van der Waals surface area contributed by atoms with Gasteiger partial charge in [-0.2, -0.15) is 0 Å². The van der Waals surface area contributed by atoms with E-state index in [1.54, 1.807) is 23.5 Å². The molecule has 2 N–H and O–H groups in total. The minimum Gasteiger partial charge on any atom is -0.549 e. The van der Waals surface area contributed by atoms with Crippen LogP contribution < -0.4 is 5.11 Å². The van der Waals surface area contributed by atoms with Crippen LogP contribution in [0.1, 0.15) is 266 Å². The highest BCUT2D eigenvalue weighted by atomic mass is 32.2. The van der Waals surface area contributed by atoms with Crippen molar-refractivity contribution in [3.63, 3.8) is 0 Å². The predicted octanol–water partition coefficient (Wildman–Crippen LogP) is 16.3. The molecule has 8 heteroatoms. The van der Waals surface area contributed by atoms with Crippen LogP contribution >= 0.6 is 23.5 Å². The smallest absolute Gasteiger partial charge is 0.320 e. The van der Waals surface area contributed by atoms with E-state index in [-0.39, 0.29) is 24.3 Å². The van der Waals surface area contributed by atoms with E-state index in [2.05, 4.69) is 13.8 Å². The lowest BCUT2D eigenvalue weighted by molar-refractivity contribution is -0.318. The second-order valence-electron chi connectivity index (χ2n) is 24.1. The van der Waals surface area contributed by atoms with Gasteiger partial charge < -0.3 is 24.9 Å². The molecular formula is C59H99O6S2-. The van der Waals surface area contributed by atoms with Gasteiger partial charge in [-0.15, -0.1) is 23.5 Å². The molecule has 0 spiro atoms. The Bertz CT molecular complexity index is 1610. The van der Waals surface area contributed by atoms with Gasteiger partial charge in [-0.05, 0) is 99.2 Å². The van der Waals surface area contributed by atoms with Crippen molar-refractivity contribution in [2.75, 3.05) is 11.5 Å². The number of ether oxygens (including phenoxy) is 1. The Balaban J connectivity index is 2.65. The van der Waals surface area contributed by atoms with Crippen LogP contribution in [-0.4, -0.2) is 37.9 Å². The molecule has 0 unspecified atom stereocenters. The van der Waals surface area contributed by atoms with Crippen molar-refractivity contribution >= 4 is 35.5 Å². The van der Waals surface area contributed by atoms with Crippen LogP contribution in [0.5, 0.6) is 11.5 Å². The third kappa shape index (κ3) is 20.5. The Kier molecular flexibility index (Phi) is 25.3. The average molecular weight is 969 g/mol. The third-order valence-electron chi connectivity index (χ3n) is 13.4. The Hall–Kier alpha value is -2.32. The summed E-state index contributed by atoms with van der Waals surface area (Å²) < 4.78 is 5.67. The highest BCUT2D eigenvalue weighted by Gasteiger charge is 2.47. The number of carbonyl (C=O) groups is 2. The fourth-order valence-electron chi connectivity index (χ4n) is 9.07. The van der Waals surface area contributed by atoms with Gasteiger partial charge in [0.1, 0.15) is 16.9 Å². The van der Waals surface area contributed by atoms with Crippen molar-refractivity contribution in [1.82, 2.24) is 0 Å². The van der Waals surface area contributed by atoms with E-state index >= 15 is 4.79 Å². The number of hydrogen-bond donors (Lipinski definition) is 2. The fraction of sp³-hybridized carbons (Fsp3) is 0.763. The van der Waals surface area contributed by atoms with Gasteiger partial charge in [-0.1, -0.05) is 237 Å². The number of hydrogen-bond acceptors (Lipinski definition) is 8. The third-order valence-corrected chi connectivity index (χ3v) is 16.3. The number of phenols is 2. The first-order valence-corrected chi connectivity index (χ1v) is 28.6. The summed E-state index contributed by atoms with van der Waals surface area (Å²) in [6.07, 6.45) is 24.3. The number of carbonyl (C=O) groups excluding carboxylic acids is 2. The van der Waals surface area contributed by atoms with Gasteiger partial charge in [0.05, 0.1) is 5.97 Å². The summed E-state index contributed by atoms with van der Waals surface area (Å²) in [5, 5.41) is 37.6. The SMILES string of the molecule is CCCCCCCCCCCCSC(C)(OC(=O)C(Cc1cc(C(C)(C)C)c(O)c(C(C)(C)C)c1)(Cc1cc(C(C)(C)C)c(O)c(C(C)(C)C)c1)C(=O)[O-])SCCCCCCCCCCCC. The van der Waals surface area contributed by atoms with E-state index in [9.17, 15) is 20.1 Å². The van der Waals surface area contributed by atoms with Crippen LogP contribution in [0.15, 0.2) is 24.3 Å². The molecule has 67 heavy (non-hydrogen) atoms. The number of aromatic hydroxyl groups is 2. The number of carboxylic acids is 1. The summed E-state index contributed by atoms with van der Waals surface area (Å²) in [5.41, 5.74) is -0.0272. The van der Waals surface area contributed by atoms with Crippen LogP contribution in [0.2, 0.25) is 0 Å². The number of phenolic OH excluding ortho intramolecular Hbond substituents is 2. The number of unbranched alkanes of at least 4 members (excludes halogenated alkanes) is 18.